The predicted molar refractivity (Wildman–Crippen MR) is 52.0 cm³/mol. The van der Waals surface area contributed by atoms with Gasteiger partial charge in [-0.2, -0.15) is 5.10 Å². The summed E-state index contributed by atoms with van der Waals surface area (Å²) in [4.78, 5) is 0. The topological polar surface area (TPSA) is 17.8 Å². The summed E-state index contributed by atoms with van der Waals surface area (Å²) in [7, 11) is 1.97. The van der Waals surface area contributed by atoms with Crippen LogP contribution in [0.15, 0.2) is 12.6 Å². The molecule has 1 aromatic rings. The lowest BCUT2D eigenvalue weighted by Gasteiger charge is -2.17. The Hall–Kier alpha value is -1.05. The van der Waals surface area contributed by atoms with E-state index in [9.17, 15) is 0 Å². The van der Waals surface area contributed by atoms with E-state index in [1.54, 1.807) is 6.08 Å². The zero-order chi connectivity index (χ0) is 9.35. The van der Waals surface area contributed by atoms with Crippen LogP contribution in [0.1, 0.15) is 32.2 Å². The van der Waals surface area contributed by atoms with Crippen LogP contribution in [-0.2, 0) is 12.5 Å². The van der Waals surface area contributed by atoms with Gasteiger partial charge in [-0.1, -0.05) is 27.4 Å². The maximum atomic E-state index is 4.29. The van der Waals surface area contributed by atoms with Gasteiger partial charge in [0.25, 0.3) is 0 Å². The van der Waals surface area contributed by atoms with Crippen molar-refractivity contribution in [3.8, 4) is 0 Å². The van der Waals surface area contributed by atoms with Crippen molar-refractivity contribution < 1.29 is 0 Å². The number of hydrogen-bond donors (Lipinski definition) is 0. The summed E-state index contributed by atoms with van der Waals surface area (Å²) in [5.41, 5.74) is 2.34. The fraction of sp³-hybridized carbons (Fsp3) is 0.500. The summed E-state index contributed by atoms with van der Waals surface area (Å²) in [6, 6.07) is 2.08. The Labute approximate surface area is 73.9 Å². The number of rotatable bonds is 1. The van der Waals surface area contributed by atoms with Gasteiger partial charge in [0.15, 0.2) is 0 Å². The average molecular weight is 164 g/mol. The first-order valence-corrected chi connectivity index (χ1v) is 4.12. The molecule has 0 saturated carbocycles. The molecule has 1 rings (SSSR count). The van der Waals surface area contributed by atoms with Gasteiger partial charge in [-0.05, 0) is 12.1 Å². The summed E-state index contributed by atoms with van der Waals surface area (Å²) >= 11 is 0. The van der Waals surface area contributed by atoms with Crippen molar-refractivity contribution in [3.63, 3.8) is 0 Å². The monoisotopic (exact) mass is 164 g/mol. The van der Waals surface area contributed by atoms with Crippen LogP contribution in [0.3, 0.4) is 0 Å². The molecule has 0 aliphatic rings. The summed E-state index contributed by atoms with van der Waals surface area (Å²) in [5.74, 6) is 0. The van der Waals surface area contributed by atoms with E-state index in [-0.39, 0.29) is 5.41 Å². The normalized spacial score (nSPS) is 11.7. The fourth-order valence-electron chi connectivity index (χ4n) is 1.29. The fourth-order valence-corrected chi connectivity index (χ4v) is 1.29. The Balaban J connectivity index is 3.16. The summed E-state index contributed by atoms with van der Waals surface area (Å²) < 4.78 is 1.91. The minimum atomic E-state index is 0.156. The van der Waals surface area contributed by atoms with Gasteiger partial charge in [0.05, 0.1) is 5.69 Å². The maximum Gasteiger partial charge on any atom is 0.0848 e. The Bertz CT molecular complexity index is 289. The van der Waals surface area contributed by atoms with Crippen LogP contribution in [0, 0.1) is 0 Å². The van der Waals surface area contributed by atoms with Crippen molar-refractivity contribution in [2.75, 3.05) is 0 Å². The van der Waals surface area contributed by atoms with Crippen molar-refractivity contribution in [3.05, 3.63) is 24.0 Å². The van der Waals surface area contributed by atoms with Crippen LogP contribution >= 0.6 is 0 Å². The molecule has 0 fully saturated rings. The first kappa shape index (κ1) is 9.04. The molecule has 0 unspecified atom stereocenters. The number of nitrogens with zero attached hydrogens (tertiary/aromatic N) is 2. The standard InChI is InChI=1S/C10H16N2/c1-6-8-7-9(10(2,3)4)12(5)11-8/h6-7H,1H2,2-5H3. The van der Waals surface area contributed by atoms with Crippen molar-refractivity contribution in [1.29, 1.82) is 0 Å². The third-order valence-electron chi connectivity index (χ3n) is 1.88. The van der Waals surface area contributed by atoms with Crippen LogP contribution in [0.4, 0.5) is 0 Å². The molecule has 0 aliphatic heterocycles. The van der Waals surface area contributed by atoms with Crippen LogP contribution < -0.4 is 0 Å². The van der Waals surface area contributed by atoms with Crippen LogP contribution in [0.25, 0.3) is 6.08 Å². The lowest BCUT2D eigenvalue weighted by molar-refractivity contribution is 0.523. The van der Waals surface area contributed by atoms with Crippen molar-refractivity contribution >= 4 is 6.08 Å². The minimum absolute atomic E-state index is 0.156. The molecule has 0 aromatic carbocycles. The molecule has 0 amide bonds. The van der Waals surface area contributed by atoms with Gasteiger partial charge in [0.2, 0.25) is 0 Å². The van der Waals surface area contributed by atoms with Gasteiger partial charge in [-0.3, -0.25) is 4.68 Å². The second-order valence-electron chi connectivity index (χ2n) is 4.03. The van der Waals surface area contributed by atoms with Crippen molar-refractivity contribution in [1.82, 2.24) is 9.78 Å². The Kier molecular flexibility index (Phi) is 2.09. The molecule has 0 N–H and O–H groups in total. The van der Waals surface area contributed by atoms with Crippen molar-refractivity contribution in [2.24, 2.45) is 7.05 Å². The Morgan fingerprint density at radius 2 is 2.08 bits per heavy atom. The summed E-state index contributed by atoms with van der Waals surface area (Å²) in [5, 5.41) is 4.29. The third-order valence-corrected chi connectivity index (χ3v) is 1.88. The number of aromatic nitrogens is 2. The molecular formula is C10H16N2. The first-order valence-electron chi connectivity index (χ1n) is 4.12. The van der Waals surface area contributed by atoms with Gasteiger partial charge in [-0.25, -0.2) is 0 Å². The minimum Gasteiger partial charge on any atom is -0.272 e. The maximum absolute atomic E-state index is 4.29. The van der Waals surface area contributed by atoms with E-state index in [2.05, 4.69) is 38.5 Å². The third kappa shape index (κ3) is 1.58. The van der Waals surface area contributed by atoms with Gasteiger partial charge in [0, 0.05) is 18.2 Å². The molecule has 66 valence electrons. The molecule has 12 heavy (non-hydrogen) atoms. The average Bonchev–Trinajstić information content (AvgIpc) is 2.29. The number of aryl methyl sites for hydroxylation is 1. The predicted octanol–water partition coefficient (Wildman–Crippen LogP) is 2.36. The molecule has 0 saturated heterocycles. The highest BCUT2D eigenvalue weighted by atomic mass is 15.3. The molecule has 0 spiro atoms. The lowest BCUT2D eigenvalue weighted by Crippen LogP contribution is -2.16. The Morgan fingerprint density at radius 1 is 1.50 bits per heavy atom. The molecule has 2 nitrogen and oxygen atoms in total. The van der Waals surface area contributed by atoms with E-state index in [4.69, 9.17) is 0 Å². The molecule has 2 heteroatoms. The zero-order valence-electron chi connectivity index (χ0n) is 8.26. The second-order valence-corrected chi connectivity index (χ2v) is 4.03. The highest BCUT2D eigenvalue weighted by Gasteiger charge is 2.18. The van der Waals surface area contributed by atoms with Crippen LogP contribution in [0.5, 0.6) is 0 Å². The Morgan fingerprint density at radius 3 is 2.33 bits per heavy atom. The molecule has 0 bridgehead atoms. The van der Waals surface area contributed by atoms with E-state index >= 15 is 0 Å². The van der Waals surface area contributed by atoms with Gasteiger partial charge in [0.1, 0.15) is 0 Å². The molecule has 0 radical (unpaired) electrons. The van der Waals surface area contributed by atoms with Crippen LogP contribution in [-0.4, -0.2) is 9.78 Å². The SMILES string of the molecule is C=Cc1cc(C(C)(C)C)n(C)n1. The van der Waals surface area contributed by atoms with E-state index in [1.807, 2.05) is 11.7 Å². The molecule has 1 heterocycles. The molecule has 1 aromatic heterocycles. The second kappa shape index (κ2) is 2.77. The van der Waals surface area contributed by atoms with Gasteiger partial charge in [-0.15, -0.1) is 0 Å². The van der Waals surface area contributed by atoms with E-state index in [0.717, 1.165) is 5.69 Å². The van der Waals surface area contributed by atoms with Gasteiger partial charge < -0.3 is 0 Å². The van der Waals surface area contributed by atoms with E-state index < -0.39 is 0 Å². The number of hydrogen-bond acceptors (Lipinski definition) is 1. The quantitative estimate of drug-likeness (QED) is 0.623. The van der Waals surface area contributed by atoms with Crippen LogP contribution in [0.2, 0.25) is 0 Å². The van der Waals surface area contributed by atoms with E-state index in [1.165, 1.54) is 5.69 Å². The smallest absolute Gasteiger partial charge is 0.0848 e. The molecule has 0 aliphatic carbocycles. The molecular weight excluding hydrogens is 148 g/mol. The highest BCUT2D eigenvalue weighted by Crippen LogP contribution is 2.22. The lowest BCUT2D eigenvalue weighted by atomic mass is 9.92. The first-order chi connectivity index (χ1) is 5.45. The van der Waals surface area contributed by atoms with Crippen molar-refractivity contribution in [2.45, 2.75) is 26.2 Å². The largest absolute Gasteiger partial charge is 0.272 e. The van der Waals surface area contributed by atoms with E-state index in [0.29, 0.717) is 0 Å². The molecule has 0 atom stereocenters. The summed E-state index contributed by atoms with van der Waals surface area (Å²) in [6.45, 7) is 10.2. The highest BCUT2D eigenvalue weighted by molar-refractivity contribution is 5.42. The summed E-state index contributed by atoms with van der Waals surface area (Å²) in [6.07, 6.45) is 1.77. The zero-order valence-corrected chi connectivity index (χ0v) is 8.26. The van der Waals surface area contributed by atoms with Gasteiger partial charge >= 0.3 is 0 Å².